The number of fused-ring (bicyclic) bond motifs is 3. The van der Waals surface area contributed by atoms with E-state index in [2.05, 4.69) is 92.9 Å². The fourth-order valence-corrected chi connectivity index (χ4v) is 7.32. The van der Waals surface area contributed by atoms with Gasteiger partial charge in [-0.15, -0.1) is 34.0 Å². The van der Waals surface area contributed by atoms with Crippen molar-refractivity contribution in [3.8, 4) is 22.3 Å². The van der Waals surface area contributed by atoms with Gasteiger partial charge in [-0.05, 0) is 69.7 Å². The van der Waals surface area contributed by atoms with E-state index in [0.717, 1.165) is 16.7 Å². The second-order valence-corrected chi connectivity index (χ2v) is 11.4. The van der Waals surface area contributed by atoms with Crippen molar-refractivity contribution in [1.82, 2.24) is 0 Å². The van der Waals surface area contributed by atoms with E-state index in [1.807, 2.05) is 60.0 Å². The summed E-state index contributed by atoms with van der Waals surface area (Å²) in [6, 6.07) is 21.6. The first-order valence-corrected chi connectivity index (χ1v) is 13.3. The average Bonchev–Trinajstić information content (AvgIpc) is 3.44. The lowest BCUT2D eigenvalue weighted by Crippen LogP contribution is -1.78. The minimum absolute atomic E-state index is 1.05. The van der Waals surface area contributed by atoms with E-state index in [1.54, 1.807) is 0 Å². The van der Waals surface area contributed by atoms with Crippen molar-refractivity contribution in [3.63, 3.8) is 0 Å². The van der Waals surface area contributed by atoms with Crippen LogP contribution in [0.2, 0.25) is 0 Å². The highest BCUT2D eigenvalue weighted by molar-refractivity contribution is 7.39. The number of allylic oxidation sites excluding steroid dienone is 3. The fourth-order valence-electron chi connectivity index (χ4n) is 3.38. The molecular formula is C30H26S3. The van der Waals surface area contributed by atoms with Gasteiger partial charge < -0.3 is 0 Å². The van der Waals surface area contributed by atoms with E-state index in [-0.39, 0.29) is 0 Å². The predicted octanol–water partition coefficient (Wildman–Crippen LogP) is 10.00. The van der Waals surface area contributed by atoms with Crippen LogP contribution in [0.5, 0.6) is 0 Å². The van der Waals surface area contributed by atoms with E-state index in [9.17, 15) is 0 Å². The van der Waals surface area contributed by atoms with Crippen molar-refractivity contribution in [2.75, 3.05) is 0 Å². The van der Waals surface area contributed by atoms with Crippen LogP contribution >= 0.6 is 34.0 Å². The van der Waals surface area contributed by atoms with Gasteiger partial charge in [-0.2, -0.15) is 0 Å². The van der Waals surface area contributed by atoms with E-state index < -0.39 is 0 Å². The monoisotopic (exact) mass is 482 g/mol. The molecule has 0 aliphatic rings. The van der Waals surface area contributed by atoms with E-state index in [4.69, 9.17) is 0 Å². The van der Waals surface area contributed by atoms with Gasteiger partial charge in [-0.25, -0.2) is 0 Å². The average molecular weight is 483 g/mol. The molecule has 3 aromatic heterocycles. The summed E-state index contributed by atoms with van der Waals surface area (Å²) in [6.45, 7) is 11.9. The first-order valence-electron chi connectivity index (χ1n) is 10.8. The summed E-state index contributed by atoms with van der Waals surface area (Å²) in [7, 11) is 0. The smallest absolute Gasteiger partial charge is 0.0636 e. The van der Waals surface area contributed by atoms with Crippen LogP contribution in [-0.2, 0) is 0 Å². The Bertz CT molecular complexity index is 1490. The third-order valence-electron chi connectivity index (χ3n) is 4.97. The van der Waals surface area contributed by atoms with E-state index in [0.29, 0.717) is 0 Å². The lowest BCUT2D eigenvalue weighted by atomic mass is 10.1. The molecule has 0 aliphatic carbocycles. The Balaban J connectivity index is 0.000000385. The highest BCUT2D eigenvalue weighted by Crippen LogP contribution is 2.45. The molecule has 0 saturated carbocycles. The van der Waals surface area contributed by atoms with Gasteiger partial charge in [0.25, 0.3) is 0 Å². The normalized spacial score (nSPS) is 10.8. The van der Waals surface area contributed by atoms with E-state index in [1.165, 1.54) is 39.7 Å². The van der Waals surface area contributed by atoms with Crippen LogP contribution in [0.3, 0.4) is 0 Å². The molecule has 0 fully saturated rings. The van der Waals surface area contributed by atoms with Gasteiger partial charge >= 0.3 is 0 Å². The molecule has 0 bridgehead atoms. The molecule has 5 aromatic rings. The van der Waals surface area contributed by atoms with Crippen molar-refractivity contribution in [1.29, 1.82) is 0 Å². The van der Waals surface area contributed by atoms with Gasteiger partial charge in [0.05, 0.1) is 9.40 Å². The Kier molecular flexibility index (Phi) is 7.30. The van der Waals surface area contributed by atoms with Gasteiger partial charge in [0.2, 0.25) is 0 Å². The Morgan fingerprint density at radius 3 is 1.94 bits per heavy atom. The number of thiophene rings is 3. The summed E-state index contributed by atoms with van der Waals surface area (Å²) in [6.07, 6.45) is 3.95. The number of hydrogen-bond acceptors (Lipinski definition) is 3. The van der Waals surface area contributed by atoms with Gasteiger partial charge in [0.1, 0.15) is 0 Å². The zero-order chi connectivity index (χ0) is 23.4. The largest absolute Gasteiger partial charge is 0.138 e. The summed E-state index contributed by atoms with van der Waals surface area (Å²) >= 11 is 5.72. The first-order chi connectivity index (χ1) is 15.9. The number of benzene rings is 2. The van der Waals surface area contributed by atoms with Crippen molar-refractivity contribution in [2.24, 2.45) is 0 Å². The molecular weight excluding hydrogens is 457 g/mol. The fraction of sp³-hybridized carbons (Fsp3) is 0.133. The summed E-state index contributed by atoms with van der Waals surface area (Å²) in [4.78, 5) is 2.73. The Labute approximate surface area is 208 Å². The summed E-state index contributed by atoms with van der Waals surface area (Å²) in [5, 5.41) is 0. The molecule has 2 aromatic carbocycles. The van der Waals surface area contributed by atoms with Crippen LogP contribution in [0, 0.1) is 25.7 Å². The quantitative estimate of drug-likeness (QED) is 0.173. The molecule has 3 heterocycles. The third kappa shape index (κ3) is 5.72. The first kappa shape index (κ1) is 23.3. The highest BCUT2D eigenvalue weighted by Gasteiger charge is 2.12. The van der Waals surface area contributed by atoms with Crippen LogP contribution in [0.15, 0.2) is 85.0 Å². The van der Waals surface area contributed by atoms with Crippen LogP contribution in [-0.4, -0.2) is 0 Å². The minimum Gasteiger partial charge on any atom is -0.138 e. The molecule has 0 atom stereocenters. The van der Waals surface area contributed by atoms with E-state index >= 15 is 0 Å². The second-order valence-electron chi connectivity index (χ2n) is 8.00. The summed E-state index contributed by atoms with van der Waals surface area (Å²) in [5.74, 6) is 6.51. The maximum absolute atomic E-state index is 3.66. The molecule has 33 heavy (non-hydrogen) atoms. The van der Waals surface area contributed by atoms with Crippen molar-refractivity contribution in [2.45, 2.75) is 27.7 Å². The van der Waals surface area contributed by atoms with Gasteiger partial charge in [0.15, 0.2) is 0 Å². The SMILES string of the molecule is C=C(C)/C=C\C.Cc1ccc(C#Cc2ccc(-c3cc4sc5cc(C)sc5c4s3)cc2)cc1. The molecule has 5 rings (SSSR count). The Hall–Kier alpha value is -2.90. The van der Waals surface area contributed by atoms with Gasteiger partial charge in [0, 0.05) is 30.3 Å². The van der Waals surface area contributed by atoms with Gasteiger partial charge in [-0.1, -0.05) is 66.0 Å². The number of rotatable bonds is 2. The standard InChI is InChI=1S/C24H16S3.C6H10/c1-15-3-5-17(6-4-15)7-8-18-9-11-19(12-10-18)20-14-22-24(27-20)23-21(26-22)13-16(2)25-23;1-4-5-6(2)3/h3-6,9-14H,1-2H3;4-5H,2H2,1,3H3/b;5-4-. The molecule has 0 amide bonds. The predicted molar refractivity (Wildman–Crippen MR) is 152 cm³/mol. The van der Waals surface area contributed by atoms with Crippen LogP contribution in [0.25, 0.3) is 29.2 Å². The molecule has 0 nitrogen and oxygen atoms in total. The van der Waals surface area contributed by atoms with Crippen LogP contribution in [0.4, 0.5) is 0 Å². The topological polar surface area (TPSA) is 0 Å². The maximum Gasteiger partial charge on any atom is 0.0636 e. The molecule has 0 N–H and O–H groups in total. The minimum atomic E-state index is 1.05. The second kappa shape index (κ2) is 10.4. The van der Waals surface area contributed by atoms with Crippen molar-refractivity contribution < 1.29 is 0 Å². The van der Waals surface area contributed by atoms with Gasteiger partial charge in [-0.3, -0.25) is 0 Å². The number of aryl methyl sites for hydroxylation is 2. The van der Waals surface area contributed by atoms with Crippen LogP contribution < -0.4 is 0 Å². The molecule has 3 heteroatoms. The molecule has 0 aliphatic heterocycles. The maximum atomic E-state index is 3.66. The molecule has 0 saturated heterocycles. The Morgan fingerprint density at radius 1 is 0.788 bits per heavy atom. The lowest BCUT2D eigenvalue weighted by Gasteiger charge is -1.97. The molecule has 0 spiro atoms. The molecule has 0 radical (unpaired) electrons. The summed E-state index contributed by atoms with van der Waals surface area (Å²) in [5.41, 5.74) is 5.74. The lowest BCUT2D eigenvalue weighted by molar-refractivity contribution is 1.46. The highest BCUT2D eigenvalue weighted by atomic mass is 32.1. The third-order valence-corrected chi connectivity index (χ3v) is 8.71. The zero-order valence-electron chi connectivity index (χ0n) is 19.4. The van der Waals surface area contributed by atoms with Crippen LogP contribution in [0.1, 0.15) is 35.4 Å². The summed E-state index contributed by atoms with van der Waals surface area (Å²) < 4.78 is 5.71. The van der Waals surface area contributed by atoms with Crippen molar-refractivity contribution in [3.05, 3.63) is 107 Å². The molecule has 164 valence electrons. The van der Waals surface area contributed by atoms with Crippen molar-refractivity contribution >= 4 is 52.8 Å². The number of hydrogen-bond donors (Lipinski definition) is 0. The zero-order valence-corrected chi connectivity index (χ0v) is 21.8. The Morgan fingerprint density at radius 2 is 1.36 bits per heavy atom. The molecule has 0 unspecified atom stereocenters.